The predicted molar refractivity (Wildman–Crippen MR) is 99.7 cm³/mol. The monoisotopic (exact) mass is 361 g/mol. The summed E-state index contributed by atoms with van der Waals surface area (Å²) in [7, 11) is 0. The fourth-order valence-corrected chi connectivity index (χ4v) is 3.40. The van der Waals surface area contributed by atoms with Gasteiger partial charge >= 0.3 is 5.97 Å². The molecule has 6 heteroatoms. The van der Waals surface area contributed by atoms with Gasteiger partial charge in [0.25, 0.3) is 5.91 Å². The zero-order chi connectivity index (χ0) is 18.4. The second-order valence-electron chi connectivity index (χ2n) is 5.69. The topological polar surface area (TPSA) is 64.6 Å². The molecular formula is C19H23NO4S. The molecule has 5 nitrogen and oxygen atoms in total. The van der Waals surface area contributed by atoms with Crippen molar-refractivity contribution in [3.05, 3.63) is 45.8 Å². The number of aryl methyl sites for hydroxylation is 3. The van der Waals surface area contributed by atoms with Crippen LogP contribution in [0.15, 0.2) is 24.3 Å². The Bertz CT molecular complexity index is 747. The van der Waals surface area contributed by atoms with Gasteiger partial charge in [0.05, 0.1) is 12.2 Å². The van der Waals surface area contributed by atoms with E-state index in [1.54, 1.807) is 13.0 Å². The summed E-state index contributed by atoms with van der Waals surface area (Å²) in [6.45, 7) is 7.87. The lowest BCUT2D eigenvalue weighted by Gasteiger charge is -2.09. The smallest absolute Gasteiger partial charge is 0.341 e. The molecule has 1 N–H and O–H groups in total. The Morgan fingerprint density at radius 2 is 1.76 bits per heavy atom. The maximum absolute atomic E-state index is 12.2. The third-order valence-electron chi connectivity index (χ3n) is 3.44. The number of amides is 1. The zero-order valence-corrected chi connectivity index (χ0v) is 15.8. The van der Waals surface area contributed by atoms with Crippen molar-refractivity contribution in [3.8, 4) is 5.75 Å². The Hall–Kier alpha value is -2.34. The van der Waals surface area contributed by atoms with Gasteiger partial charge in [0.1, 0.15) is 10.8 Å². The normalized spacial score (nSPS) is 10.4. The largest absolute Gasteiger partial charge is 0.484 e. The van der Waals surface area contributed by atoms with Gasteiger partial charge in [-0.3, -0.25) is 4.79 Å². The van der Waals surface area contributed by atoms with Crippen molar-refractivity contribution in [1.82, 2.24) is 0 Å². The zero-order valence-electron chi connectivity index (χ0n) is 15.0. The Kier molecular flexibility index (Phi) is 6.58. The molecule has 0 aliphatic rings. The van der Waals surface area contributed by atoms with Crippen molar-refractivity contribution in [3.63, 3.8) is 0 Å². The minimum atomic E-state index is -0.427. The third kappa shape index (κ3) is 5.32. The summed E-state index contributed by atoms with van der Waals surface area (Å²) in [5.74, 6) is -0.0862. The summed E-state index contributed by atoms with van der Waals surface area (Å²) >= 11 is 1.38. The first-order chi connectivity index (χ1) is 11.9. The lowest BCUT2D eigenvalue weighted by atomic mass is 10.1. The quantitative estimate of drug-likeness (QED) is 0.754. The van der Waals surface area contributed by atoms with Crippen LogP contribution in [0.3, 0.4) is 0 Å². The number of rotatable bonds is 7. The van der Waals surface area contributed by atoms with Crippen molar-refractivity contribution < 1.29 is 19.1 Å². The summed E-state index contributed by atoms with van der Waals surface area (Å²) in [6.07, 6.45) is 0.784. The molecule has 2 rings (SSSR count). The maximum Gasteiger partial charge on any atom is 0.341 e. The molecule has 0 saturated carbocycles. The summed E-state index contributed by atoms with van der Waals surface area (Å²) in [4.78, 5) is 25.2. The van der Waals surface area contributed by atoms with Crippen LogP contribution in [-0.4, -0.2) is 25.1 Å². The Morgan fingerprint density at radius 1 is 1.08 bits per heavy atom. The van der Waals surface area contributed by atoms with Crippen LogP contribution in [0.4, 0.5) is 5.00 Å². The molecule has 0 atom stereocenters. The average Bonchev–Trinajstić information content (AvgIpc) is 2.95. The van der Waals surface area contributed by atoms with Crippen LogP contribution in [0, 0.1) is 13.8 Å². The molecule has 2 aromatic rings. The SMILES string of the molecule is CCOC(=O)c1cc(CC)sc1NC(=O)COc1cc(C)cc(C)c1. The van der Waals surface area contributed by atoms with Gasteiger partial charge in [0, 0.05) is 4.88 Å². The van der Waals surface area contributed by atoms with Crippen molar-refractivity contribution in [1.29, 1.82) is 0 Å². The number of anilines is 1. The minimum Gasteiger partial charge on any atom is -0.484 e. The Labute approximate surface area is 152 Å². The Morgan fingerprint density at radius 3 is 2.36 bits per heavy atom. The van der Waals surface area contributed by atoms with E-state index in [4.69, 9.17) is 9.47 Å². The van der Waals surface area contributed by atoms with E-state index in [0.717, 1.165) is 22.4 Å². The lowest BCUT2D eigenvalue weighted by molar-refractivity contribution is -0.118. The van der Waals surface area contributed by atoms with Gasteiger partial charge in [0.2, 0.25) is 0 Å². The highest BCUT2D eigenvalue weighted by Crippen LogP contribution is 2.29. The van der Waals surface area contributed by atoms with Gasteiger partial charge < -0.3 is 14.8 Å². The second kappa shape index (κ2) is 8.67. The summed E-state index contributed by atoms with van der Waals surface area (Å²) in [6, 6.07) is 7.56. The molecule has 0 spiro atoms. The first-order valence-corrected chi connectivity index (χ1v) is 9.05. The van der Waals surface area contributed by atoms with Crippen molar-refractivity contribution in [2.75, 3.05) is 18.5 Å². The molecule has 1 aromatic carbocycles. The molecule has 0 radical (unpaired) electrons. The highest BCUT2D eigenvalue weighted by atomic mass is 32.1. The number of ether oxygens (including phenoxy) is 2. The van der Waals surface area contributed by atoms with E-state index in [-0.39, 0.29) is 12.5 Å². The molecule has 0 aliphatic carbocycles. The highest BCUT2D eigenvalue weighted by molar-refractivity contribution is 7.16. The summed E-state index contributed by atoms with van der Waals surface area (Å²) in [5, 5.41) is 3.26. The molecule has 1 heterocycles. The van der Waals surface area contributed by atoms with Crippen LogP contribution in [0.25, 0.3) is 0 Å². The van der Waals surface area contributed by atoms with E-state index in [0.29, 0.717) is 22.9 Å². The number of carbonyl (C=O) groups is 2. The van der Waals surface area contributed by atoms with Gasteiger partial charge in [-0.15, -0.1) is 11.3 Å². The van der Waals surface area contributed by atoms with Crippen molar-refractivity contribution >= 4 is 28.2 Å². The maximum atomic E-state index is 12.2. The summed E-state index contributed by atoms with van der Waals surface area (Å²) < 4.78 is 10.6. The number of hydrogen-bond acceptors (Lipinski definition) is 5. The minimum absolute atomic E-state index is 0.121. The van der Waals surface area contributed by atoms with Gasteiger partial charge in [-0.2, -0.15) is 0 Å². The number of hydrogen-bond donors (Lipinski definition) is 1. The number of thiophene rings is 1. The molecular weight excluding hydrogens is 338 g/mol. The van der Waals surface area contributed by atoms with Crippen molar-refractivity contribution in [2.24, 2.45) is 0 Å². The van der Waals surface area contributed by atoms with E-state index >= 15 is 0 Å². The lowest BCUT2D eigenvalue weighted by Crippen LogP contribution is -2.21. The highest BCUT2D eigenvalue weighted by Gasteiger charge is 2.18. The molecule has 0 aliphatic heterocycles. The molecule has 1 aromatic heterocycles. The van der Waals surface area contributed by atoms with Crippen LogP contribution in [0.2, 0.25) is 0 Å². The first-order valence-electron chi connectivity index (χ1n) is 8.23. The van der Waals surface area contributed by atoms with E-state index in [1.807, 2.05) is 39.0 Å². The van der Waals surface area contributed by atoms with Gasteiger partial charge in [0.15, 0.2) is 6.61 Å². The second-order valence-corrected chi connectivity index (χ2v) is 6.83. The average molecular weight is 361 g/mol. The first kappa shape index (κ1) is 19.0. The number of esters is 1. The molecule has 0 unspecified atom stereocenters. The van der Waals surface area contributed by atoms with Crippen LogP contribution in [0.1, 0.15) is 40.2 Å². The van der Waals surface area contributed by atoms with Gasteiger partial charge in [-0.05, 0) is 56.5 Å². The molecule has 134 valence electrons. The molecule has 0 bridgehead atoms. The predicted octanol–water partition coefficient (Wildman–Crippen LogP) is 4.12. The van der Waals surface area contributed by atoms with Crippen LogP contribution in [-0.2, 0) is 16.0 Å². The van der Waals surface area contributed by atoms with Crippen LogP contribution >= 0.6 is 11.3 Å². The Balaban J connectivity index is 2.04. The number of benzene rings is 1. The number of nitrogens with one attached hydrogen (secondary N) is 1. The van der Waals surface area contributed by atoms with Gasteiger partial charge in [-0.1, -0.05) is 13.0 Å². The van der Waals surface area contributed by atoms with Crippen LogP contribution < -0.4 is 10.1 Å². The van der Waals surface area contributed by atoms with Crippen molar-refractivity contribution in [2.45, 2.75) is 34.1 Å². The molecule has 0 saturated heterocycles. The number of carbonyl (C=O) groups excluding carboxylic acids is 2. The van der Waals surface area contributed by atoms with Crippen LogP contribution in [0.5, 0.6) is 5.75 Å². The van der Waals surface area contributed by atoms with E-state index in [2.05, 4.69) is 5.32 Å². The third-order valence-corrected chi connectivity index (χ3v) is 4.64. The van der Waals surface area contributed by atoms with E-state index in [1.165, 1.54) is 11.3 Å². The van der Waals surface area contributed by atoms with E-state index in [9.17, 15) is 9.59 Å². The van der Waals surface area contributed by atoms with E-state index < -0.39 is 5.97 Å². The molecule has 0 fully saturated rings. The summed E-state index contributed by atoms with van der Waals surface area (Å²) in [5.41, 5.74) is 2.54. The fraction of sp³-hybridized carbons (Fsp3) is 0.368. The molecule has 1 amide bonds. The fourth-order valence-electron chi connectivity index (χ4n) is 2.40. The van der Waals surface area contributed by atoms with Gasteiger partial charge in [-0.25, -0.2) is 4.79 Å². The molecule has 25 heavy (non-hydrogen) atoms. The standard InChI is InChI=1S/C19H23NO4S/c1-5-15-10-16(19(22)23-6-2)18(25-15)20-17(21)11-24-14-8-12(3)7-13(4)9-14/h7-10H,5-6,11H2,1-4H3,(H,20,21).